The van der Waals surface area contributed by atoms with Crippen molar-refractivity contribution in [2.45, 2.75) is 6.92 Å². The molecule has 0 unspecified atom stereocenters. The van der Waals surface area contributed by atoms with Gasteiger partial charge in [0.25, 0.3) is 5.91 Å². The SMILES string of the molecule is COc1cc(/C=C2\C(=O)Nc3cc(C)c(O)cc32)cc(OC)c1OC. The second-order valence-electron chi connectivity index (χ2n) is 5.66. The molecule has 0 aliphatic carbocycles. The third-order valence-electron chi connectivity index (χ3n) is 4.12. The molecular formula is C19H19NO5. The monoisotopic (exact) mass is 341 g/mol. The van der Waals surface area contributed by atoms with Crippen LogP contribution < -0.4 is 19.5 Å². The number of carbonyl (C=O) groups is 1. The highest BCUT2D eigenvalue weighted by Gasteiger charge is 2.25. The Morgan fingerprint density at radius 3 is 2.20 bits per heavy atom. The molecule has 130 valence electrons. The van der Waals surface area contributed by atoms with Crippen molar-refractivity contribution in [2.75, 3.05) is 26.6 Å². The number of methoxy groups -OCH3 is 3. The summed E-state index contributed by atoms with van der Waals surface area (Å²) in [5, 5.41) is 12.8. The lowest BCUT2D eigenvalue weighted by atomic mass is 10.0. The average molecular weight is 341 g/mol. The minimum absolute atomic E-state index is 0.144. The van der Waals surface area contributed by atoms with Crippen LogP contribution in [0.15, 0.2) is 24.3 Å². The largest absolute Gasteiger partial charge is 0.508 e. The summed E-state index contributed by atoms with van der Waals surface area (Å²) in [6.45, 7) is 1.78. The number of rotatable bonds is 4. The van der Waals surface area contributed by atoms with Gasteiger partial charge < -0.3 is 24.6 Å². The fourth-order valence-electron chi connectivity index (χ4n) is 2.83. The fraction of sp³-hybridized carbons (Fsp3) is 0.211. The molecular weight excluding hydrogens is 322 g/mol. The van der Waals surface area contributed by atoms with Gasteiger partial charge in [0.05, 0.1) is 21.3 Å². The molecule has 25 heavy (non-hydrogen) atoms. The van der Waals surface area contributed by atoms with Crippen LogP contribution in [0.4, 0.5) is 5.69 Å². The van der Waals surface area contributed by atoms with Gasteiger partial charge in [-0.1, -0.05) is 0 Å². The third kappa shape index (κ3) is 2.87. The number of hydrogen-bond donors (Lipinski definition) is 2. The van der Waals surface area contributed by atoms with Crippen molar-refractivity contribution >= 4 is 23.2 Å². The number of nitrogens with one attached hydrogen (secondary N) is 1. The third-order valence-corrected chi connectivity index (χ3v) is 4.12. The van der Waals surface area contributed by atoms with Gasteiger partial charge in [0.1, 0.15) is 5.75 Å². The number of aromatic hydroxyl groups is 1. The van der Waals surface area contributed by atoms with Crippen molar-refractivity contribution in [1.29, 1.82) is 0 Å². The van der Waals surface area contributed by atoms with E-state index in [9.17, 15) is 9.90 Å². The lowest BCUT2D eigenvalue weighted by Gasteiger charge is -2.13. The lowest BCUT2D eigenvalue weighted by molar-refractivity contribution is -0.110. The first kappa shape index (κ1) is 16.7. The van der Waals surface area contributed by atoms with Crippen LogP contribution in [0.1, 0.15) is 16.7 Å². The summed E-state index contributed by atoms with van der Waals surface area (Å²) < 4.78 is 16.0. The Labute approximate surface area is 145 Å². The maximum atomic E-state index is 12.3. The first-order chi connectivity index (χ1) is 12.0. The van der Waals surface area contributed by atoms with E-state index in [1.54, 1.807) is 37.3 Å². The van der Waals surface area contributed by atoms with E-state index >= 15 is 0 Å². The number of fused-ring (bicyclic) bond motifs is 1. The molecule has 0 fully saturated rings. The quantitative estimate of drug-likeness (QED) is 0.659. The van der Waals surface area contributed by atoms with Gasteiger partial charge in [0.2, 0.25) is 5.75 Å². The van der Waals surface area contributed by atoms with Gasteiger partial charge in [-0.25, -0.2) is 0 Å². The van der Waals surface area contributed by atoms with Crippen LogP contribution in [-0.2, 0) is 4.79 Å². The number of amides is 1. The molecule has 2 aromatic rings. The smallest absolute Gasteiger partial charge is 0.256 e. The van der Waals surface area contributed by atoms with Gasteiger partial charge in [-0.15, -0.1) is 0 Å². The van der Waals surface area contributed by atoms with Gasteiger partial charge in [-0.3, -0.25) is 4.79 Å². The summed E-state index contributed by atoms with van der Waals surface area (Å²) >= 11 is 0. The number of benzene rings is 2. The van der Waals surface area contributed by atoms with Crippen molar-refractivity contribution in [3.63, 3.8) is 0 Å². The number of phenolic OH excluding ortho intramolecular Hbond substituents is 1. The predicted octanol–water partition coefficient (Wildman–Crippen LogP) is 3.22. The Hall–Kier alpha value is -3.15. The van der Waals surface area contributed by atoms with Crippen molar-refractivity contribution in [1.82, 2.24) is 0 Å². The first-order valence-corrected chi connectivity index (χ1v) is 7.65. The van der Waals surface area contributed by atoms with E-state index in [4.69, 9.17) is 14.2 Å². The van der Waals surface area contributed by atoms with Crippen LogP contribution in [-0.4, -0.2) is 32.3 Å². The van der Waals surface area contributed by atoms with Crippen molar-refractivity contribution in [2.24, 2.45) is 0 Å². The number of aryl methyl sites for hydroxylation is 1. The molecule has 0 aromatic heterocycles. The van der Waals surface area contributed by atoms with Crippen molar-refractivity contribution in [3.8, 4) is 23.0 Å². The number of phenols is 1. The molecule has 1 aliphatic heterocycles. The van der Waals surface area contributed by atoms with Crippen LogP contribution in [0.5, 0.6) is 23.0 Å². The van der Waals surface area contributed by atoms with Crippen LogP contribution in [0.2, 0.25) is 0 Å². The molecule has 0 atom stereocenters. The van der Waals surface area contributed by atoms with Gasteiger partial charge in [-0.05, 0) is 48.4 Å². The summed E-state index contributed by atoms with van der Waals surface area (Å²) in [5.74, 6) is 1.40. The van der Waals surface area contributed by atoms with Crippen molar-refractivity contribution < 1.29 is 24.1 Å². The summed E-state index contributed by atoms with van der Waals surface area (Å²) in [6.07, 6.45) is 1.72. The molecule has 6 nitrogen and oxygen atoms in total. The Kier molecular flexibility index (Phi) is 4.27. The lowest BCUT2D eigenvalue weighted by Crippen LogP contribution is -2.03. The summed E-state index contributed by atoms with van der Waals surface area (Å²) in [6, 6.07) is 6.85. The van der Waals surface area contributed by atoms with Gasteiger partial charge in [0.15, 0.2) is 11.5 Å². The molecule has 0 radical (unpaired) electrons. The second-order valence-corrected chi connectivity index (χ2v) is 5.66. The maximum Gasteiger partial charge on any atom is 0.256 e. The molecule has 2 aromatic carbocycles. The van der Waals surface area contributed by atoms with Gasteiger partial charge >= 0.3 is 0 Å². The van der Waals surface area contributed by atoms with Crippen LogP contribution in [0.3, 0.4) is 0 Å². The molecule has 3 rings (SSSR count). The van der Waals surface area contributed by atoms with E-state index in [2.05, 4.69) is 5.32 Å². The Morgan fingerprint density at radius 1 is 1.00 bits per heavy atom. The molecule has 1 amide bonds. The molecule has 0 saturated carbocycles. The Morgan fingerprint density at radius 2 is 1.64 bits per heavy atom. The molecule has 0 bridgehead atoms. The molecule has 0 spiro atoms. The highest BCUT2D eigenvalue weighted by atomic mass is 16.5. The molecule has 2 N–H and O–H groups in total. The minimum atomic E-state index is -0.228. The van der Waals surface area contributed by atoms with Gasteiger partial charge in [-0.2, -0.15) is 0 Å². The first-order valence-electron chi connectivity index (χ1n) is 7.65. The Balaban J connectivity index is 2.13. The summed E-state index contributed by atoms with van der Waals surface area (Å²) in [7, 11) is 4.60. The zero-order valence-electron chi connectivity index (χ0n) is 14.5. The summed E-state index contributed by atoms with van der Waals surface area (Å²) in [5.41, 5.74) is 3.21. The zero-order valence-corrected chi connectivity index (χ0v) is 14.5. The highest BCUT2D eigenvalue weighted by molar-refractivity contribution is 6.35. The number of carbonyl (C=O) groups excluding carboxylic acids is 1. The molecule has 6 heteroatoms. The average Bonchev–Trinajstić information content (AvgIpc) is 2.89. The minimum Gasteiger partial charge on any atom is -0.508 e. The highest BCUT2D eigenvalue weighted by Crippen LogP contribution is 2.41. The summed E-state index contributed by atoms with van der Waals surface area (Å²) in [4.78, 5) is 12.3. The van der Waals surface area contributed by atoms with Crippen molar-refractivity contribution in [3.05, 3.63) is 41.0 Å². The fourth-order valence-corrected chi connectivity index (χ4v) is 2.83. The number of ether oxygens (including phenoxy) is 3. The van der Waals surface area contributed by atoms with E-state index in [1.165, 1.54) is 21.3 Å². The number of hydrogen-bond acceptors (Lipinski definition) is 5. The van der Waals surface area contributed by atoms with E-state index in [0.717, 1.165) is 0 Å². The van der Waals surface area contributed by atoms with Gasteiger partial charge in [0, 0.05) is 16.8 Å². The van der Waals surface area contributed by atoms with E-state index in [1.807, 2.05) is 0 Å². The topological polar surface area (TPSA) is 77.0 Å². The molecule has 1 heterocycles. The normalized spacial score (nSPS) is 14.2. The van der Waals surface area contributed by atoms with E-state index in [-0.39, 0.29) is 11.7 Å². The predicted molar refractivity (Wildman–Crippen MR) is 95.4 cm³/mol. The van der Waals surface area contributed by atoms with Crippen LogP contribution in [0, 0.1) is 6.92 Å². The number of anilines is 1. The van der Waals surface area contributed by atoms with E-state index < -0.39 is 0 Å². The second kappa shape index (κ2) is 6.39. The van der Waals surface area contributed by atoms with E-state index in [0.29, 0.717) is 45.2 Å². The molecule has 1 aliphatic rings. The maximum absolute atomic E-state index is 12.3. The Bertz CT molecular complexity index is 861. The zero-order chi connectivity index (χ0) is 18.1. The molecule has 0 saturated heterocycles. The van der Waals surface area contributed by atoms with Crippen LogP contribution in [0.25, 0.3) is 11.6 Å². The van der Waals surface area contributed by atoms with Crippen LogP contribution >= 0.6 is 0 Å². The standard InChI is InChI=1S/C19H19NO5/c1-10-5-14-12(9-15(10)21)13(19(22)20-14)6-11-7-16(23-2)18(25-4)17(8-11)24-3/h5-9,21H,1-4H3,(H,20,22)/b13-6-.